The first-order chi connectivity index (χ1) is 16.4. The number of hydrogen-bond donors (Lipinski definition) is 2. The van der Waals surface area contributed by atoms with Crippen LogP contribution in [-0.4, -0.2) is 72.3 Å². The van der Waals surface area contributed by atoms with E-state index in [0.29, 0.717) is 26.1 Å². The molecule has 3 fully saturated rings. The van der Waals surface area contributed by atoms with Crippen molar-refractivity contribution in [3.05, 3.63) is 33.1 Å². The average Bonchev–Trinajstić information content (AvgIpc) is 3.15. The zero-order chi connectivity index (χ0) is 24.1. The molecule has 0 bridgehead atoms. The number of phosphoric ester groups is 1. The number of aromatic amines is 1. The third-order valence-electron chi connectivity index (χ3n) is 5.93. The minimum absolute atomic E-state index is 0.0565. The summed E-state index contributed by atoms with van der Waals surface area (Å²) >= 11 is 0. The van der Waals surface area contributed by atoms with Gasteiger partial charge in [-0.3, -0.25) is 23.4 Å². The van der Waals surface area contributed by atoms with Crippen molar-refractivity contribution in [1.29, 1.82) is 0 Å². The van der Waals surface area contributed by atoms with Gasteiger partial charge in [0.2, 0.25) is 0 Å². The molecule has 3 aliphatic heterocycles. The molecule has 0 spiro atoms. The fourth-order valence-corrected chi connectivity index (χ4v) is 4.85. The van der Waals surface area contributed by atoms with E-state index in [1.54, 1.807) is 0 Å². The average molecular weight is 506 g/mol. The van der Waals surface area contributed by atoms with Crippen LogP contribution >= 0.6 is 7.82 Å². The second kappa shape index (κ2) is 11.5. The lowest BCUT2D eigenvalue weighted by atomic mass is 10.1. The van der Waals surface area contributed by atoms with Gasteiger partial charge in [-0.1, -0.05) is 0 Å². The first-order valence-electron chi connectivity index (χ1n) is 11.4. The molecule has 1 aromatic heterocycles. The first-order valence-corrected chi connectivity index (χ1v) is 12.9. The van der Waals surface area contributed by atoms with Gasteiger partial charge < -0.3 is 28.6 Å². The van der Waals surface area contributed by atoms with E-state index in [-0.39, 0.29) is 6.61 Å². The molecule has 34 heavy (non-hydrogen) atoms. The summed E-state index contributed by atoms with van der Waals surface area (Å²) in [5.41, 5.74) is -1.31. The highest BCUT2D eigenvalue weighted by Gasteiger charge is 2.51. The van der Waals surface area contributed by atoms with Crippen molar-refractivity contribution in [2.24, 2.45) is 0 Å². The van der Waals surface area contributed by atoms with Crippen LogP contribution in [0.3, 0.4) is 0 Å². The normalized spacial score (nSPS) is 34.1. The van der Waals surface area contributed by atoms with Crippen LogP contribution in [-0.2, 0) is 37.3 Å². The number of aromatic nitrogens is 2. The molecular weight excluding hydrogens is 475 g/mol. The SMILES string of the molecule is COP(=O)(O)O[C@H]1[C@@H](OC2CCCCO2)[C@H](n2ccc(=O)[nH]c2=O)O[C@@H]1COC1CCCCO1. The van der Waals surface area contributed by atoms with Crippen LogP contribution in [0.1, 0.15) is 44.8 Å². The maximum Gasteiger partial charge on any atom is 0.472 e. The molecule has 192 valence electrons. The minimum Gasteiger partial charge on any atom is -0.353 e. The summed E-state index contributed by atoms with van der Waals surface area (Å²) < 4.78 is 52.9. The Balaban J connectivity index is 1.62. The largest absolute Gasteiger partial charge is 0.472 e. The molecule has 3 aliphatic rings. The molecule has 0 amide bonds. The minimum atomic E-state index is -4.48. The Hall–Kier alpha value is -1.41. The molecule has 13 nitrogen and oxygen atoms in total. The van der Waals surface area contributed by atoms with Crippen molar-refractivity contribution >= 4 is 7.82 Å². The van der Waals surface area contributed by atoms with Crippen LogP contribution in [0, 0.1) is 0 Å². The van der Waals surface area contributed by atoms with E-state index < -0.39 is 56.2 Å². The van der Waals surface area contributed by atoms with Crippen LogP contribution in [0.15, 0.2) is 21.9 Å². The molecule has 7 atom stereocenters. The van der Waals surface area contributed by atoms with Gasteiger partial charge in [-0.05, 0) is 38.5 Å². The van der Waals surface area contributed by atoms with Gasteiger partial charge in [0.1, 0.15) is 18.3 Å². The number of H-pyrrole nitrogens is 1. The lowest BCUT2D eigenvalue weighted by Crippen LogP contribution is -2.43. The van der Waals surface area contributed by atoms with Crippen molar-refractivity contribution in [2.45, 2.75) is 75.6 Å². The fourth-order valence-electron chi connectivity index (χ4n) is 4.20. The Morgan fingerprint density at radius 2 is 1.82 bits per heavy atom. The topological polar surface area (TPSA) is 157 Å². The van der Waals surface area contributed by atoms with Crippen LogP contribution in [0.5, 0.6) is 0 Å². The van der Waals surface area contributed by atoms with Crippen molar-refractivity contribution < 1.29 is 42.2 Å². The van der Waals surface area contributed by atoms with Gasteiger partial charge in [0, 0.05) is 32.6 Å². The summed E-state index contributed by atoms with van der Waals surface area (Å²) in [6.07, 6.45) is 0.909. The van der Waals surface area contributed by atoms with Crippen molar-refractivity contribution in [1.82, 2.24) is 9.55 Å². The Morgan fingerprint density at radius 1 is 1.12 bits per heavy atom. The molecule has 4 rings (SSSR count). The van der Waals surface area contributed by atoms with Gasteiger partial charge in [-0.2, -0.15) is 0 Å². The van der Waals surface area contributed by atoms with Crippen molar-refractivity contribution in [2.75, 3.05) is 26.9 Å². The van der Waals surface area contributed by atoms with E-state index in [0.717, 1.165) is 37.4 Å². The van der Waals surface area contributed by atoms with E-state index in [2.05, 4.69) is 9.51 Å². The number of nitrogens with zero attached hydrogens (tertiary/aromatic N) is 1. The molecule has 2 N–H and O–H groups in total. The standard InChI is InChI=1S/C20H31N2O11P/c1-27-34(25,26)33-17-13(12-30-15-6-2-4-10-28-15)31-19(22-9-8-14(23)21-20(22)24)18(17)32-16-7-3-5-11-29-16/h8-9,13,15-19H,2-7,10-12H2,1H3,(H,25,26)(H,21,23,24)/t13-,15?,16?,17-,18-,19-/m1/s1. The highest BCUT2D eigenvalue weighted by molar-refractivity contribution is 7.47. The first kappa shape index (κ1) is 25.7. The van der Waals surface area contributed by atoms with Gasteiger partial charge in [-0.25, -0.2) is 9.36 Å². The van der Waals surface area contributed by atoms with Gasteiger partial charge in [0.15, 0.2) is 18.8 Å². The molecule has 3 unspecified atom stereocenters. The second-order valence-corrected chi connectivity index (χ2v) is 9.84. The number of phosphoric acid groups is 1. The van der Waals surface area contributed by atoms with Crippen LogP contribution in [0.25, 0.3) is 0 Å². The maximum absolute atomic E-state index is 12.5. The Bertz CT molecular complexity index is 956. The van der Waals surface area contributed by atoms with E-state index in [9.17, 15) is 19.0 Å². The van der Waals surface area contributed by atoms with Crippen molar-refractivity contribution in [3.63, 3.8) is 0 Å². The monoisotopic (exact) mass is 506 g/mol. The third kappa shape index (κ3) is 6.42. The molecule has 3 saturated heterocycles. The highest BCUT2D eigenvalue weighted by Crippen LogP contribution is 2.48. The Labute approximate surface area is 195 Å². The second-order valence-electron chi connectivity index (χ2n) is 8.33. The summed E-state index contributed by atoms with van der Waals surface area (Å²) in [6.45, 7) is 1.01. The van der Waals surface area contributed by atoms with Gasteiger partial charge >= 0.3 is 13.5 Å². The quantitative estimate of drug-likeness (QED) is 0.461. The lowest BCUT2D eigenvalue weighted by molar-refractivity contribution is -0.215. The molecule has 0 aliphatic carbocycles. The molecular formula is C20H31N2O11P. The van der Waals surface area contributed by atoms with Crippen molar-refractivity contribution in [3.8, 4) is 0 Å². The summed E-state index contributed by atoms with van der Waals surface area (Å²) in [4.78, 5) is 36.4. The van der Waals surface area contributed by atoms with Crippen LogP contribution in [0.4, 0.5) is 0 Å². The Morgan fingerprint density at radius 3 is 2.44 bits per heavy atom. The summed E-state index contributed by atoms with van der Waals surface area (Å²) in [5.74, 6) is 0. The third-order valence-corrected chi connectivity index (χ3v) is 6.90. The Kier molecular flexibility index (Phi) is 8.72. The van der Waals surface area contributed by atoms with E-state index in [4.69, 9.17) is 28.2 Å². The van der Waals surface area contributed by atoms with E-state index in [1.165, 1.54) is 12.3 Å². The predicted octanol–water partition coefficient (Wildman–Crippen LogP) is 1.02. The molecule has 1 aromatic rings. The van der Waals surface area contributed by atoms with E-state index in [1.807, 2.05) is 0 Å². The number of rotatable bonds is 9. The predicted molar refractivity (Wildman–Crippen MR) is 115 cm³/mol. The number of nitrogens with one attached hydrogen (secondary N) is 1. The van der Waals surface area contributed by atoms with Gasteiger partial charge in [0.05, 0.1) is 6.61 Å². The van der Waals surface area contributed by atoms with Crippen LogP contribution in [0.2, 0.25) is 0 Å². The summed E-state index contributed by atoms with van der Waals surface area (Å²) in [5, 5.41) is 0. The molecule has 14 heteroatoms. The van der Waals surface area contributed by atoms with Gasteiger partial charge in [-0.15, -0.1) is 0 Å². The molecule has 0 saturated carbocycles. The fraction of sp³-hybridized carbons (Fsp3) is 0.800. The zero-order valence-electron chi connectivity index (χ0n) is 18.9. The smallest absolute Gasteiger partial charge is 0.353 e. The molecule has 0 aromatic carbocycles. The number of hydrogen-bond acceptors (Lipinski definition) is 10. The van der Waals surface area contributed by atoms with Gasteiger partial charge in [0.25, 0.3) is 5.56 Å². The highest BCUT2D eigenvalue weighted by atomic mass is 31.2. The molecule has 4 heterocycles. The number of ether oxygens (including phenoxy) is 5. The van der Waals surface area contributed by atoms with E-state index >= 15 is 0 Å². The van der Waals surface area contributed by atoms with Crippen LogP contribution < -0.4 is 11.2 Å². The summed E-state index contributed by atoms with van der Waals surface area (Å²) in [6, 6.07) is 1.17. The lowest BCUT2D eigenvalue weighted by Gasteiger charge is -2.31. The maximum atomic E-state index is 12.5. The molecule has 0 radical (unpaired) electrons. The zero-order valence-corrected chi connectivity index (χ0v) is 19.8. The summed E-state index contributed by atoms with van der Waals surface area (Å²) in [7, 11) is -3.43.